The van der Waals surface area contributed by atoms with Gasteiger partial charge in [0.25, 0.3) is 5.91 Å². The van der Waals surface area contributed by atoms with Crippen molar-refractivity contribution in [3.05, 3.63) is 52.9 Å². The van der Waals surface area contributed by atoms with E-state index in [0.717, 1.165) is 17.6 Å². The number of carbonyl (C=O) groups excluding carboxylic acids is 1. The molecule has 1 unspecified atom stereocenters. The molecule has 1 heterocycles. The average Bonchev–Trinajstić information content (AvgIpc) is 3.03. The normalized spacial score (nSPS) is 13.9. The fraction of sp³-hybridized carbons (Fsp3) is 0.250. The van der Waals surface area contributed by atoms with Crippen LogP contribution in [0.2, 0.25) is 0 Å². The molecule has 6 nitrogen and oxygen atoms in total. The number of hydrogen-bond donors (Lipinski definition) is 2. The second-order valence-corrected chi connectivity index (χ2v) is 8.60. The van der Waals surface area contributed by atoms with Crippen molar-refractivity contribution in [2.75, 3.05) is 6.26 Å². The summed E-state index contributed by atoms with van der Waals surface area (Å²) in [5, 5.41) is 12.3. The monoisotopic (exact) mass is 367 g/mol. The summed E-state index contributed by atoms with van der Waals surface area (Å²) in [7, 11) is -3.41. The summed E-state index contributed by atoms with van der Waals surface area (Å²) in [5.74, 6) is -1.80. The Hall–Kier alpha value is -2.19. The lowest BCUT2D eigenvalue weighted by Crippen LogP contribution is -2.51. The summed E-state index contributed by atoms with van der Waals surface area (Å²) < 4.78 is 23.1. The lowest BCUT2D eigenvalue weighted by atomic mass is 9.87. The van der Waals surface area contributed by atoms with Gasteiger partial charge in [-0.25, -0.2) is 13.2 Å². The number of nitrogens with one attached hydrogen (secondary N) is 1. The number of hydrogen-bond acceptors (Lipinski definition) is 5. The molecule has 1 atom stereocenters. The standard InChI is InChI=1S/C16H17NO5S2/c1-3-16(15(19)20,11-7-5-4-6-8-11)17-14(18)12-9-10-13(23-12)24(2,21)22/h4-10H,3H2,1-2H3,(H,17,18)(H,19,20). The Morgan fingerprint density at radius 2 is 1.79 bits per heavy atom. The van der Waals surface area contributed by atoms with E-state index in [1.165, 1.54) is 12.1 Å². The highest BCUT2D eigenvalue weighted by Crippen LogP contribution is 2.28. The molecule has 0 radical (unpaired) electrons. The zero-order valence-corrected chi connectivity index (χ0v) is 14.8. The molecule has 0 saturated carbocycles. The molecular formula is C16H17NO5S2. The maximum atomic E-state index is 12.5. The molecule has 2 N–H and O–H groups in total. The van der Waals surface area contributed by atoms with Crippen LogP contribution in [0.5, 0.6) is 0 Å². The van der Waals surface area contributed by atoms with E-state index < -0.39 is 27.3 Å². The van der Waals surface area contributed by atoms with Crippen LogP contribution >= 0.6 is 11.3 Å². The van der Waals surface area contributed by atoms with E-state index >= 15 is 0 Å². The highest BCUT2D eigenvalue weighted by molar-refractivity contribution is 7.92. The topological polar surface area (TPSA) is 101 Å². The minimum Gasteiger partial charge on any atom is -0.479 e. The second kappa shape index (κ2) is 6.74. The van der Waals surface area contributed by atoms with Crippen LogP contribution in [-0.4, -0.2) is 31.7 Å². The van der Waals surface area contributed by atoms with Gasteiger partial charge in [0, 0.05) is 6.26 Å². The fourth-order valence-electron chi connectivity index (χ4n) is 2.31. The van der Waals surface area contributed by atoms with Crippen molar-refractivity contribution in [2.24, 2.45) is 0 Å². The van der Waals surface area contributed by atoms with Gasteiger partial charge in [-0.2, -0.15) is 0 Å². The van der Waals surface area contributed by atoms with Crippen LogP contribution in [0.3, 0.4) is 0 Å². The molecule has 8 heteroatoms. The molecule has 1 aromatic carbocycles. The molecule has 0 aliphatic rings. The summed E-state index contributed by atoms with van der Waals surface area (Å²) in [4.78, 5) is 24.5. The molecule has 0 fully saturated rings. The second-order valence-electron chi connectivity index (χ2n) is 5.28. The van der Waals surface area contributed by atoms with E-state index in [0.29, 0.717) is 5.56 Å². The van der Waals surface area contributed by atoms with Crippen LogP contribution in [0, 0.1) is 0 Å². The van der Waals surface area contributed by atoms with E-state index in [2.05, 4.69) is 5.32 Å². The van der Waals surface area contributed by atoms with Gasteiger partial charge in [-0.15, -0.1) is 11.3 Å². The Labute approximate surface area is 144 Å². The Morgan fingerprint density at radius 3 is 2.25 bits per heavy atom. The maximum absolute atomic E-state index is 12.5. The molecule has 0 aliphatic heterocycles. The summed E-state index contributed by atoms with van der Waals surface area (Å²) in [6.45, 7) is 1.66. The van der Waals surface area contributed by atoms with Crippen molar-refractivity contribution in [1.82, 2.24) is 5.32 Å². The van der Waals surface area contributed by atoms with Crippen molar-refractivity contribution in [1.29, 1.82) is 0 Å². The van der Waals surface area contributed by atoms with Gasteiger partial charge in [-0.3, -0.25) is 4.79 Å². The van der Waals surface area contributed by atoms with Gasteiger partial charge in [0.15, 0.2) is 15.4 Å². The van der Waals surface area contributed by atoms with Gasteiger partial charge in [-0.1, -0.05) is 37.3 Å². The molecule has 2 aromatic rings. The Bertz CT molecular complexity index is 858. The van der Waals surface area contributed by atoms with Gasteiger partial charge in [-0.05, 0) is 24.1 Å². The van der Waals surface area contributed by atoms with Crippen molar-refractivity contribution < 1.29 is 23.1 Å². The van der Waals surface area contributed by atoms with E-state index in [4.69, 9.17) is 0 Å². The number of carbonyl (C=O) groups is 2. The largest absolute Gasteiger partial charge is 0.479 e. The van der Waals surface area contributed by atoms with Gasteiger partial charge in [0.05, 0.1) is 4.88 Å². The summed E-state index contributed by atoms with van der Waals surface area (Å²) in [6.07, 6.45) is 1.19. The first-order chi connectivity index (χ1) is 11.2. The van der Waals surface area contributed by atoms with Gasteiger partial charge in [0.1, 0.15) is 4.21 Å². The third-order valence-electron chi connectivity index (χ3n) is 3.66. The lowest BCUT2D eigenvalue weighted by Gasteiger charge is -2.29. The number of thiophene rings is 1. The lowest BCUT2D eigenvalue weighted by molar-refractivity contribution is -0.145. The maximum Gasteiger partial charge on any atom is 0.334 e. The van der Waals surface area contributed by atoms with Crippen LogP contribution in [0.25, 0.3) is 0 Å². The molecule has 24 heavy (non-hydrogen) atoms. The molecule has 2 rings (SSSR count). The summed E-state index contributed by atoms with van der Waals surface area (Å²) in [5.41, 5.74) is -1.12. The van der Waals surface area contributed by atoms with Crippen molar-refractivity contribution in [3.63, 3.8) is 0 Å². The van der Waals surface area contributed by atoms with E-state index in [9.17, 15) is 23.1 Å². The van der Waals surface area contributed by atoms with E-state index in [1.54, 1.807) is 37.3 Å². The quantitative estimate of drug-likeness (QED) is 0.816. The number of amides is 1. The number of sulfone groups is 1. The summed E-state index contributed by atoms with van der Waals surface area (Å²) >= 11 is 0.813. The molecule has 0 aliphatic carbocycles. The third-order valence-corrected chi connectivity index (χ3v) is 6.56. The zero-order valence-electron chi connectivity index (χ0n) is 13.1. The van der Waals surface area contributed by atoms with E-state index in [-0.39, 0.29) is 15.5 Å². The minimum absolute atomic E-state index is 0.0600. The first kappa shape index (κ1) is 18.2. The van der Waals surface area contributed by atoms with Crippen LogP contribution in [0.1, 0.15) is 28.6 Å². The van der Waals surface area contributed by atoms with Crippen molar-refractivity contribution >= 4 is 33.1 Å². The van der Waals surface area contributed by atoms with Crippen molar-refractivity contribution in [2.45, 2.75) is 23.1 Å². The van der Waals surface area contributed by atoms with Crippen molar-refractivity contribution in [3.8, 4) is 0 Å². The Balaban J connectivity index is 2.39. The van der Waals surface area contributed by atoms with E-state index in [1.807, 2.05) is 0 Å². The number of aliphatic carboxylic acids is 1. The number of rotatable bonds is 6. The number of carboxylic acids is 1. The highest BCUT2D eigenvalue weighted by atomic mass is 32.2. The first-order valence-electron chi connectivity index (χ1n) is 7.12. The van der Waals surface area contributed by atoms with Gasteiger partial charge in [0.2, 0.25) is 0 Å². The Morgan fingerprint density at radius 1 is 1.17 bits per heavy atom. The van der Waals surface area contributed by atoms with Gasteiger partial charge >= 0.3 is 5.97 Å². The predicted molar refractivity (Wildman–Crippen MR) is 90.9 cm³/mol. The molecule has 1 aromatic heterocycles. The molecule has 0 saturated heterocycles. The Kier molecular flexibility index (Phi) is 5.10. The molecule has 0 spiro atoms. The molecular weight excluding hydrogens is 350 g/mol. The number of carboxylic acid groups (broad SMARTS) is 1. The molecule has 128 valence electrons. The van der Waals surface area contributed by atoms with Crippen LogP contribution in [-0.2, 0) is 20.2 Å². The van der Waals surface area contributed by atoms with Crippen LogP contribution in [0.15, 0.2) is 46.7 Å². The third kappa shape index (κ3) is 3.49. The highest BCUT2D eigenvalue weighted by Gasteiger charge is 2.40. The smallest absolute Gasteiger partial charge is 0.334 e. The zero-order chi connectivity index (χ0) is 18.0. The minimum atomic E-state index is -3.41. The first-order valence-corrected chi connectivity index (χ1v) is 9.83. The summed E-state index contributed by atoms with van der Waals surface area (Å²) in [6, 6.07) is 11.1. The molecule has 1 amide bonds. The molecule has 0 bridgehead atoms. The fourth-order valence-corrected chi connectivity index (χ4v) is 4.14. The van der Waals surface area contributed by atoms with Gasteiger partial charge < -0.3 is 10.4 Å². The van der Waals surface area contributed by atoms with Crippen LogP contribution < -0.4 is 5.32 Å². The SMILES string of the molecule is CCC(NC(=O)c1ccc(S(C)(=O)=O)s1)(C(=O)O)c1ccccc1. The predicted octanol–water partition coefficient (Wildman–Crippen LogP) is 2.27. The average molecular weight is 367 g/mol. The van der Waals surface area contributed by atoms with Crippen LogP contribution in [0.4, 0.5) is 0 Å². The number of benzene rings is 1.